The number of hydrogen-bond donors (Lipinski definition) is 1. The highest BCUT2D eigenvalue weighted by molar-refractivity contribution is 5.85. The van der Waals surface area contributed by atoms with Crippen LogP contribution in [-0.2, 0) is 4.79 Å². The molecule has 0 aromatic heterocycles. The van der Waals surface area contributed by atoms with E-state index in [-0.39, 0.29) is 5.91 Å². The van der Waals surface area contributed by atoms with Crippen LogP contribution in [0.3, 0.4) is 0 Å². The molecule has 0 saturated heterocycles. The zero-order valence-corrected chi connectivity index (χ0v) is 9.42. The number of amides is 1. The highest BCUT2D eigenvalue weighted by Crippen LogP contribution is 2.06. The first kappa shape index (κ1) is 12.4. The van der Waals surface area contributed by atoms with Gasteiger partial charge in [-0.15, -0.1) is 0 Å². The van der Waals surface area contributed by atoms with Gasteiger partial charge < -0.3 is 10.6 Å². The molecule has 0 bridgehead atoms. The van der Waals surface area contributed by atoms with Crippen molar-refractivity contribution in [2.75, 3.05) is 13.1 Å². The highest BCUT2D eigenvalue weighted by Gasteiger charge is 2.26. The van der Waals surface area contributed by atoms with Crippen molar-refractivity contribution in [1.29, 1.82) is 0 Å². The van der Waals surface area contributed by atoms with E-state index in [4.69, 9.17) is 5.73 Å². The maximum absolute atomic E-state index is 11.7. The Morgan fingerprint density at radius 1 is 1.46 bits per heavy atom. The van der Waals surface area contributed by atoms with Crippen molar-refractivity contribution < 1.29 is 4.79 Å². The van der Waals surface area contributed by atoms with Crippen molar-refractivity contribution in [2.24, 2.45) is 11.7 Å². The molecule has 0 rings (SSSR count). The lowest BCUT2D eigenvalue weighted by molar-refractivity contribution is -0.136. The van der Waals surface area contributed by atoms with Crippen molar-refractivity contribution in [2.45, 2.75) is 40.2 Å². The first-order valence-electron chi connectivity index (χ1n) is 4.87. The van der Waals surface area contributed by atoms with Gasteiger partial charge in [0, 0.05) is 13.1 Å². The van der Waals surface area contributed by atoms with E-state index in [2.05, 4.69) is 13.8 Å². The van der Waals surface area contributed by atoms with Crippen LogP contribution in [0.15, 0.2) is 0 Å². The molecule has 0 radical (unpaired) electrons. The molecule has 13 heavy (non-hydrogen) atoms. The van der Waals surface area contributed by atoms with Crippen molar-refractivity contribution in [3.63, 3.8) is 0 Å². The largest absolute Gasteiger partial charge is 0.341 e. The molecular weight excluding hydrogens is 164 g/mol. The van der Waals surface area contributed by atoms with Gasteiger partial charge in [0.05, 0.1) is 5.54 Å². The molecule has 0 aliphatic rings. The molecule has 0 aromatic carbocycles. The second kappa shape index (κ2) is 4.61. The fourth-order valence-corrected chi connectivity index (χ4v) is 1.20. The van der Waals surface area contributed by atoms with Crippen molar-refractivity contribution in [3.8, 4) is 0 Å². The lowest BCUT2D eigenvalue weighted by Crippen LogP contribution is -2.51. The summed E-state index contributed by atoms with van der Waals surface area (Å²) in [6.45, 7) is 11.2. The number of likely N-dealkylation sites (N-methyl/N-ethyl adjacent to an activating group) is 1. The summed E-state index contributed by atoms with van der Waals surface area (Å²) >= 11 is 0. The number of rotatable bonds is 4. The number of nitrogens with two attached hydrogens (primary N) is 1. The second-order valence-corrected chi connectivity index (χ2v) is 4.46. The van der Waals surface area contributed by atoms with Crippen LogP contribution in [0.25, 0.3) is 0 Å². The van der Waals surface area contributed by atoms with Gasteiger partial charge >= 0.3 is 0 Å². The number of nitrogens with zero attached hydrogens (tertiary/aromatic N) is 1. The van der Waals surface area contributed by atoms with E-state index in [1.54, 1.807) is 13.8 Å². The van der Waals surface area contributed by atoms with Gasteiger partial charge in [-0.05, 0) is 26.7 Å². The number of hydrogen-bond acceptors (Lipinski definition) is 2. The number of carbonyl (C=O) groups is 1. The maximum atomic E-state index is 11.7. The Morgan fingerprint density at radius 3 is 2.15 bits per heavy atom. The van der Waals surface area contributed by atoms with Gasteiger partial charge in [0.2, 0.25) is 5.91 Å². The second-order valence-electron chi connectivity index (χ2n) is 4.46. The first-order valence-corrected chi connectivity index (χ1v) is 4.87. The SMILES string of the molecule is CCN(CC(C)C)C(=O)C(C)(C)N. The van der Waals surface area contributed by atoms with Gasteiger partial charge in [0.15, 0.2) is 0 Å². The van der Waals surface area contributed by atoms with Gasteiger partial charge in [0.25, 0.3) is 0 Å². The molecule has 0 aliphatic carbocycles. The Hall–Kier alpha value is -0.570. The number of carbonyl (C=O) groups excluding carboxylic acids is 1. The zero-order valence-electron chi connectivity index (χ0n) is 9.42. The molecule has 3 heteroatoms. The van der Waals surface area contributed by atoms with Gasteiger partial charge in [-0.2, -0.15) is 0 Å². The summed E-state index contributed by atoms with van der Waals surface area (Å²) in [5, 5.41) is 0. The van der Waals surface area contributed by atoms with Crippen LogP contribution < -0.4 is 5.73 Å². The van der Waals surface area contributed by atoms with Crippen molar-refractivity contribution in [1.82, 2.24) is 4.90 Å². The van der Waals surface area contributed by atoms with Gasteiger partial charge in [0.1, 0.15) is 0 Å². The van der Waals surface area contributed by atoms with E-state index >= 15 is 0 Å². The predicted octanol–water partition coefficient (Wildman–Crippen LogP) is 1.23. The summed E-state index contributed by atoms with van der Waals surface area (Å²) in [6.07, 6.45) is 0. The van der Waals surface area contributed by atoms with E-state index in [1.807, 2.05) is 11.8 Å². The average Bonchev–Trinajstić information content (AvgIpc) is 1.96. The van der Waals surface area contributed by atoms with Crippen LogP contribution in [0.1, 0.15) is 34.6 Å². The fraction of sp³-hybridized carbons (Fsp3) is 0.900. The monoisotopic (exact) mass is 186 g/mol. The molecule has 1 amide bonds. The zero-order chi connectivity index (χ0) is 10.6. The molecule has 78 valence electrons. The molecule has 0 unspecified atom stereocenters. The molecule has 0 fully saturated rings. The minimum atomic E-state index is -0.745. The first-order chi connectivity index (χ1) is 5.79. The summed E-state index contributed by atoms with van der Waals surface area (Å²) in [5.74, 6) is 0.523. The predicted molar refractivity (Wildman–Crippen MR) is 55.4 cm³/mol. The Balaban J connectivity index is 4.33. The normalized spacial score (nSPS) is 11.9. The maximum Gasteiger partial charge on any atom is 0.242 e. The Bertz CT molecular complexity index is 170. The van der Waals surface area contributed by atoms with Crippen LogP contribution >= 0.6 is 0 Å². The topological polar surface area (TPSA) is 46.3 Å². The molecule has 2 N–H and O–H groups in total. The molecule has 0 aromatic rings. The van der Waals surface area contributed by atoms with Crippen LogP contribution in [-0.4, -0.2) is 29.4 Å². The van der Waals surface area contributed by atoms with Gasteiger partial charge in [-0.25, -0.2) is 0 Å². The smallest absolute Gasteiger partial charge is 0.242 e. The third-order valence-corrected chi connectivity index (χ3v) is 1.81. The summed E-state index contributed by atoms with van der Waals surface area (Å²) in [4.78, 5) is 13.5. The third-order valence-electron chi connectivity index (χ3n) is 1.81. The summed E-state index contributed by atoms with van der Waals surface area (Å²) < 4.78 is 0. The molecule has 3 nitrogen and oxygen atoms in total. The van der Waals surface area contributed by atoms with E-state index in [0.717, 1.165) is 13.1 Å². The lowest BCUT2D eigenvalue weighted by atomic mass is 10.0. The van der Waals surface area contributed by atoms with E-state index in [9.17, 15) is 4.79 Å². The van der Waals surface area contributed by atoms with Crippen LogP contribution in [0, 0.1) is 5.92 Å². The van der Waals surface area contributed by atoms with Crippen LogP contribution in [0.2, 0.25) is 0 Å². The quantitative estimate of drug-likeness (QED) is 0.717. The minimum Gasteiger partial charge on any atom is -0.341 e. The lowest BCUT2D eigenvalue weighted by Gasteiger charge is -2.29. The molecule has 0 aliphatic heterocycles. The fourth-order valence-electron chi connectivity index (χ4n) is 1.20. The van der Waals surface area contributed by atoms with Crippen LogP contribution in [0.4, 0.5) is 0 Å². The van der Waals surface area contributed by atoms with Gasteiger partial charge in [-0.1, -0.05) is 13.8 Å². The molecule has 0 atom stereocenters. The Morgan fingerprint density at radius 2 is 1.92 bits per heavy atom. The Kier molecular flexibility index (Phi) is 4.40. The van der Waals surface area contributed by atoms with Crippen LogP contribution in [0.5, 0.6) is 0 Å². The summed E-state index contributed by atoms with van der Waals surface area (Å²) in [5.41, 5.74) is 4.99. The van der Waals surface area contributed by atoms with Crippen molar-refractivity contribution >= 4 is 5.91 Å². The molecule has 0 saturated carbocycles. The molecule has 0 heterocycles. The van der Waals surface area contributed by atoms with E-state index in [1.165, 1.54) is 0 Å². The average molecular weight is 186 g/mol. The van der Waals surface area contributed by atoms with E-state index < -0.39 is 5.54 Å². The third kappa shape index (κ3) is 4.27. The van der Waals surface area contributed by atoms with Gasteiger partial charge in [-0.3, -0.25) is 4.79 Å². The Labute approximate surface area is 81.3 Å². The highest BCUT2D eigenvalue weighted by atomic mass is 16.2. The summed E-state index contributed by atoms with van der Waals surface area (Å²) in [6, 6.07) is 0. The van der Waals surface area contributed by atoms with E-state index in [0.29, 0.717) is 5.92 Å². The molecule has 0 spiro atoms. The standard InChI is InChI=1S/C10H22N2O/c1-6-12(7-8(2)3)9(13)10(4,5)11/h8H,6-7,11H2,1-5H3. The summed E-state index contributed by atoms with van der Waals surface area (Å²) in [7, 11) is 0. The van der Waals surface area contributed by atoms with Crippen molar-refractivity contribution in [3.05, 3.63) is 0 Å². The molecular formula is C10H22N2O. The minimum absolute atomic E-state index is 0.0312.